The molecular formula is C16H24O5. The molecule has 0 aliphatic rings. The minimum Gasteiger partial charge on any atom is -0.491 e. The van der Waals surface area contributed by atoms with E-state index in [9.17, 15) is 9.90 Å². The van der Waals surface area contributed by atoms with Crippen LogP contribution in [0.4, 0.5) is 0 Å². The van der Waals surface area contributed by atoms with E-state index < -0.39 is 6.10 Å². The van der Waals surface area contributed by atoms with Gasteiger partial charge in [0.2, 0.25) is 0 Å². The van der Waals surface area contributed by atoms with Gasteiger partial charge in [-0.3, -0.25) is 0 Å². The second kappa shape index (κ2) is 10.2. The molecule has 5 nitrogen and oxygen atoms in total. The normalized spacial score (nSPS) is 12.0. The quantitative estimate of drug-likeness (QED) is 0.530. The van der Waals surface area contributed by atoms with Crippen molar-refractivity contribution in [2.24, 2.45) is 0 Å². The third kappa shape index (κ3) is 7.11. The van der Waals surface area contributed by atoms with Gasteiger partial charge in [-0.2, -0.15) is 0 Å². The predicted molar refractivity (Wildman–Crippen MR) is 79.6 cm³/mol. The molecule has 1 rings (SSSR count). The van der Waals surface area contributed by atoms with Crippen molar-refractivity contribution in [2.75, 3.05) is 26.4 Å². The maximum Gasteiger partial charge on any atom is 0.338 e. The number of aliphatic hydroxyl groups is 1. The van der Waals surface area contributed by atoms with Crippen LogP contribution < -0.4 is 4.74 Å². The fourth-order valence-corrected chi connectivity index (χ4v) is 1.61. The van der Waals surface area contributed by atoms with E-state index in [0.29, 0.717) is 24.5 Å². The van der Waals surface area contributed by atoms with Crippen LogP contribution >= 0.6 is 0 Å². The molecule has 0 saturated heterocycles. The first kappa shape index (κ1) is 17.5. The van der Waals surface area contributed by atoms with Gasteiger partial charge < -0.3 is 19.3 Å². The molecule has 0 saturated carbocycles. The number of hydrogen-bond acceptors (Lipinski definition) is 5. The average Bonchev–Trinajstić information content (AvgIpc) is 2.50. The molecule has 1 aromatic carbocycles. The van der Waals surface area contributed by atoms with Crippen LogP contribution in [0.2, 0.25) is 0 Å². The summed E-state index contributed by atoms with van der Waals surface area (Å²) in [6.07, 6.45) is 1.40. The van der Waals surface area contributed by atoms with Gasteiger partial charge >= 0.3 is 5.97 Å². The Labute approximate surface area is 125 Å². The van der Waals surface area contributed by atoms with E-state index in [1.54, 1.807) is 31.2 Å². The number of benzene rings is 1. The lowest BCUT2D eigenvalue weighted by Gasteiger charge is -2.13. The van der Waals surface area contributed by atoms with Crippen molar-refractivity contribution in [2.45, 2.75) is 32.8 Å². The molecule has 118 valence electrons. The Kier molecular flexibility index (Phi) is 8.47. The Bertz CT molecular complexity index is 402. The van der Waals surface area contributed by atoms with Crippen molar-refractivity contribution >= 4 is 5.97 Å². The predicted octanol–water partition coefficient (Wildman–Crippen LogP) is 2.42. The van der Waals surface area contributed by atoms with Crippen LogP contribution in [0.1, 0.15) is 37.0 Å². The van der Waals surface area contributed by atoms with Crippen LogP contribution in [-0.4, -0.2) is 43.6 Å². The number of ether oxygens (including phenoxy) is 3. The molecule has 5 heteroatoms. The van der Waals surface area contributed by atoms with Gasteiger partial charge in [0.15, 0.2) is 0 Å². The van der Waals surface area contributed by atoms with E-state index in [1.165, 1.54) is 0 Å². The summed E-state index contributed by atoms with van der Waals surface area (Å²) in [7, 11) is 0. The number of unbranched alkanes of at least 4 members (excludes halogenated alkanes) is 1. The molecule has 0 heterocycles. The Balaban J connectivity index is 2.30. The third-order valence-corrected chi connectivity index (χ3v) is 2.76. The van der Waals surface area contributed by atoms with Crippen LogP contribution in [-0.2, 0) is 9.47 Å². The first-order valence-corrected chi connectivity index (χ1v) is 7.33. The maximum atomic E-state index is 11.5. The summed E-state index contributed by atoms with van der Waals surface area (Å²) < 4.78 is 15.6. The smallest absolute Gasteiger partial charge is 0.338 e. The number of carbonyl (C=O) groups is 1. The van der Waals surface area contributed by atoms with Gasteiger partial charge in [0.05, 0.1) is 18.8 Å². The lowest BCUT2D eigenvalue weighted by atomic mass is 10.2. The average molecular weight is 296 g/mol. The third-order valence-electron chi connectivity index (χ3n) is 2.76. The molecule has 0 radical (unpaired) electrons. The van der Waals surface area contributed by atoms with Crippen LogP contribution in [0.25, 0.3) is 0 Å². The molecule has 0 aliphatic heterocycles. The van der Waals surface area contributed by atoms with Crippen LogP contribution in [0.5, 0.6) is 5.75 Å². The topological polar surface area (TPSA) is 65.0 Å². The summed E-state index contributed by atoms with van der Waals surface area (Å²) in [4.78, 5) is 11.5. The minimum absolute atomic E-state index is 0.158. The molecule has 0 bridgehead atoms. The molecular weight excluding hydrogens is 272 g/mol. The van der Waals surface area contributed by atoms with Gasteiger partial charge in [-0.1, -0.05) is 13.3 Å². The first-order chi connectivity index (χ1) is 10.2. The van der Waals surface area contributed by atoms with E-state index >= 15 is 0 Å². The maximum absolute atomic E-state index is 11.5. The summed E-state index contributed by atoms with van der Waals surface area (Å²) in [5.74, 6) is 0.240. The van der Waals surface area contributed by atoms with Crippen LogP contribution in [0.15, 0.2) is 24.3 Å². The van der Waals surface area contributed by atoms with Gasteiger partial charge in [-0.15, -0.1) is 0 Å². The summed E-state index contributed by atoms with van der Waals surface area (Å²) in [5.41, 5.74) is 0.479. The lowest BCUT2D eigenvalue weighted by Crippen LogP contribution is -2.23. The molecule has 0 spiro atoms. The highest BCUT2D eigenvalue weighted by molar-refractivity contribution is 5.89. The van der Waals surface area contributed by atoms with E-state index in [2.05, 4.69) is 6.92 Å². The highest BCUT2D eigenvalue weighted by Gasteiger charge is 2.08. The van der Waals surface area contributed by atoms with Gasteiger partial charge in [0, 0.05) is 6.61 Å². The highest BCUT2D eigenvalue weighted by atomic mass is 16.5. The van der Waals surface area contributed by atoms with E-state index in [1.807, 2.05) is 0 Å². The largest absolute Gasteiger partial charge is 0.491 e. The van der Waals surface area contributed by atoms with Gasteiger partial charge in [0.25, 0.3) is 0 Å². The van der Waals surface area contributed by atoms with Crippen molar-refractivity contribution < 1.29 is 24.1 Å². The van der Waals surface area contributed by atoms with Crippen LogP contribution in [0, 0.1) is 0 Å². The number of aliphatic hydroxyl groups excluding tert-OH is 1. The van der Waals surface area contributed by atoms with E-state index in [4.69, 9.17) is 14.2 Å². The summed E-state index contributed by atoms with van der Waals surface area (Å²) in [5, 5.41) is 9.70. The van der Waals surface area contributed by atoms with Gasteiger partial charge in [-0.25, -0.2) is 4.79 Å². The number of carbonyl (C=O) groups excluding carboxylic acids is 1. The molecule has 0 aromatic heterocycles. The number of hydrogen-bond donors (Lipinski definition) is 1. The van der Waals surface area contributed by atoms with Crippen molar-refractivity contribution in [1.29, 1.82) is 0 Å². The second-order valence-electron chi connectivity index (χ2n) is 4.64. The standard InChI is InChI=1S/C16H24O5/c1-3-5-10-19-11-14(17)12-21-15-8-6-13(7-9-15)16(18)20-4-2/h6-9,14,17H,3-5,10-12H2,1-2H3. The zero-order valence-electron chi connectivity index (χ0n) is 12.7. The Hall–Kier alpha value is -1.59. The minimum atomic E-state index is -0.661. The lowest BCUT2D eigenvalue weighted by molar-refractivity contribution is 0.0113. The van der Waals surface area contributed by atoms with Crippen molar-refractivity contribution in [3.8, 4) is 5.75 Å². The molecule has 1 atom stereocenters. The zero-order valence-corrected chi connectivity index (χ0v) is 12.7. The van der Waals surface area contributed by atoms with E-state index in [-0.39, 0.29) is 19.2 Å². The first-order valence-electron chi connectivity index (χ1n) is 7.33. The monoisotopic (exact) mass is 296 g/mol. The molecule has 21 heavy (non-hydrogen) atoms. The number of rotatable bonds is 10. The molecule has 1 aromatic rings. The van der Waals surface area contributed by atoms with Crippen molar-refractivity contribution in [1.82, 2.24) is 0 Å². The SMILES string of the molecule is CCCCOCC(O)COc1ccc(C(=O)OCC)cc1. The van der Waals surface area contributed by atoms with Crippen LogP contribution in [0.3, 0.4) is 0 Å². The summed E-state index contributed by atoms with van der Waals surface area (Å²) in [6.45, 7) is 5.27. The molecule has 1 unspecified atom stereocenters. The highest BCUT2D eigenvalue weighted by Crippen LogP contribution is 2.13. The molecule has 1 N–H and O–H groups in total. The summed E-state index contributed by atoms with van der Waals surface area (Å²) >= 11 is 0. The van der Waals surface area contributed by atoms with Crippen molar-refractivity contribution in [3.05, 3.63) is 29.8 Å². The fraction of sp³-hybridized carbons (Fsp3) is 0.562. The zero-order chi connectivity index (χ0) is 15.5. The molecule has 0 fully saturated rings. The van der Waals surface area contributed by atoms with Gasteiger partial charge in [-0.05, 0) is 37.6 Å². The number of esters is 1. The fourth-order valence-electron chi connectivity index (χ4n) is 1.61. The van der Waals surface area contributed by atoms with Gasteiger partial charge in [0.1, 0.15) is 18.5 Å². The van der Waals surface area contributed by atoms with E-state index in [0.717, 1.165) is 12.8 Å². The van der Waals surface area contributed by atoms with Crippen molar-refractivity contribution in [3.63, 3.8) is 0 Å². The Morgan fingerprint density at radius 1 is 1.19 bits per heavy atom. The molecule has 0 aliphatic carbocycles. The summed E-state index contributed by atoms with van der Waals surface area (Å²) in [6, 6.07) is 6.63. The molecule has 0 amide bonds. The second-order valence-corrected chi connectivity index (χ2v) is 4.64. The Morgan fingerprint density at radius 2 is 1.90 bits per heavy atom. The Morgan fingerprint density at radius 3 is 2.52 bits per heavy atom.